The Morgan fingerprint density at radius 1 is 0.971 bits per heavy atom. The summed E-state index contributed by atoms with van der Waals surface area (Å²) in [5.74, 6) is 0.929. The number of carbonyl (C=O) groups is 2. The number of benzene rings is 1. The molecule has 4 rings (SSSR count). The molecule has 1 saturated carbocycles. The first-order valence-corrected chi connectivity index (χ1v) is 13.1. The molecule has 3 aliphatic rings. The molecule has 188 valence electrons. The predicted molar refractivity (Wildman–Crippen MR) is 133 cm³/mol. The minimum absolute atomic E-state index is 0.0327. The molecule has 2 heterocycles. The van der Waals surface area contributed by atoms with Gasteiger partial charge in [0, 0.05) is 71.2 Å². The van der Waals surface area contributed by atoms with Crippen LogP contribution < -0.4 is 4.90 Å². The van der Waals surface area contributed by atoms with Crippen molar-refractivity contribution < 1.29 is 19.1 Å². The number of anilines is 1. The molecule has 0 radical (unpaired) electrons. The van der Waals surface area contributed by atoms with E-state index in [1.165, 1.54) is 19.3 Å². The Labute approximate surface area is 204 Å². The molecular weight excluding hydrogens is 430 g/mol. The summed E-state index contributed by atoms with van der Waals surface area (Å²) in [6, 6.07) is 8.52. The monoisotopic (exact) mass is 471 g/mol. The lowest BCUT2D eigenvalue weighted by Crippen LogP contribution is -2.45. The largest absolute Gasteiger partial charge is 0.381 e. The number of ether oxygens (including phenoxy) is 2. The predicted octanol–water partition coefficient (Wildman–Crippen LogP) is 3.46. The van der Waals surface area contributed by atoms with E-state index in [0.29, 0.717) is 25.6 Å². The van der Waals surface area contributed by atoms with E-state index in [4.69, 9.17) is 9.47 Å². The minimum Gasteiger partial charge on any atom is -0.381 e. The van der Waals surface area contributed by atoms with Gasteiger partial charge in [0.1, 0.15) is 6.61 Å². The van der Waals surface area contributed by atoms with E-state index in [1.54, 1.807) is 7.11 Å². The summed E-state index contributed by atoms with van der Waals surface area (Å²) >= 11 is 0. The zero-order chi connectivity index (χ0) is 23.8. The second kappa shape index (κ2) is 12.7. The number of para-hydroxylation sites is 1. The van der Waals surface area contributed by atoms with Crippen molar-refractivity contribution in [3.05, 3.63) is 29.8 Å². The molecule has 2 fully saturated rings. The van der Waals surface area contributed by atoms with Crippen LogP contribution in [0.2, 0.25) is 0 Å². The fourth-order valence-corrected chi connectivity index (χ4v) is 5.46. The van der Waals surface area contributed by atoms with Gasteiger partial charge in [-0.05, 0) is 43.2 Å². The molecule has 0 spiro atoms. The highest BCUT2D eigenvalue weighted by molar-refractivity contribution is 5.95. The lowest BCUT2D eigenvalue weighted by molar-refractivity contribution is -0.132. The van der Waals surface area contributed by atoms with Crippen LogP contribution >= 0.6 is 0 Å². The molecule has 1 aromatic rings. The van der Waals surface area contributed by atoms with Crippen molar-refractivity contribution in [2.45, 2.75) is 64.0 Å². The average molecular weight is 472 g/mol. The second-order valence-electron chi connectivity index (χ2n) is 9.99. The van der Waals surface area contributed by atoms with Crippen molar-refractivity contribution in [3.63, 3.8) is 0 Å². The zero-order valence-corrected chi connectivity index (χ0v) is 20.8. The first kappa shape index (κ1) is 25.1. The maximum absolute atomic E-state index is 13.4. The Morgan fingerprint density at radius 2 is 1.76 bits per heavy atom. The van der Waals surface area contributed by atoms with Crippen LogP contribution in [-0.2, 0) is 25.6 Å². The number of carbonyl (C=O) groups excluding carboxylic acids is 2. The molecule has 0 aromatic heterocycles. The van der Waals surface area contributed by atoms with Crippen molar-refractivity contribution in [2.75, 3.05) is 58.0 Å². The molecule has 0 N–H and O–H groups in total. The normalized spacial score (nSPS) is 21.4. The quantitative estimate of drug-likeness (QED) is 0.636. The van der Waals surface area contributed by atoms with Crippen LogP contribution in [-0.4, -0.2) is 80.8 Å². The molecule has 34 heavy (non-hydrogen) atoms. The maximum Gasteiger partial charge on any atom is 0.252 e. The molecule has 2 amide bonds. The van der Waals surface area contributed by atoms with Gasteiger partial charge in [0.2, 0.25) is 5.91 Å². The van der Waals surface area contributed by atoms with Gasteiger partial charge in [-0.15, -0.1) is 0 Å². The third-order valence-electron chi connectivity index (χ3n) is 7.75. The Hall–Kier alpha value is -1.96. The summed E-state index contributed by atoms with van der Waals surface area (Å²) < 4.78 is 10.8. The topological polar surface area (TPSA) is 62.3 Å². The summed E-state index contributed by atoms with van der Waals surface area (Å²) in [4.78, 5) is 32.8. The van der Waals surface area contributed by atoms with Crippen molar-refractivity contribution in [3.8, 4) is 0 Å². The lowest BCUT2D eigenvalue weighted by Gasteiger charge is -2.36. The maximum atomic E-state index is 13.4. The summed E-state index contributed by atoms with van der Waals surface area (Å²) in [6.45, 7) is 5.35. The van der Waals surface area contributed by atoms with Crippen LogP contribution in [0.5, 0.6) is 0 Å². The number of hydrogen-bond donors (Lipinski definition) is 0. The van der Waals surface area contributed by atoms with Crippen molar-refractivity contribution in [1.82, 2.24) is 9.80 Å². The molecule has 7 heteroatoms. The first-order valence-electron chi connectivity index (χ1n) is 13.1. The highest BCUT2D eigenvalue weighted by atomic mass is 16.5. The third kappa shape index (κ3) is 6.58. The van der Waals surface area contributed by atoms with Crippen molar-refractivity contribution in [1.29, 1.82) is 0 Å². The van der Waals surface area contributed by atoms with Gasteiger partial charge in [-0.25, -0.2) is 0 Å². The third-order valence-corrected chi connectivity index (χ3v) is 7.75. The lowest BCUT2D eigenvalue weighted by atomic mass is 9.82. The minimum atomic E-state index is -0.0327. The van der Waals surface area contributed by atoms with E-state index in [0.717, 1.165) is 75.7 Å². The molecule has 0 atom stereocenters. The summed E-state index contributed by atoms with van der Waals surface area (Å²) in [6.07, 6.45) is 8.41. The van der Waals surface area contributed by atoms with E-state index in [1.807, 2.05) is 28.0 Å². The number of amides is 2. The fraction of sp³-hybridized carbons (Fsp3) is 0.704. The van der Waals surface area contributed by atoms with Gasteiger partial charge in [-0.2, -0.15) is 0 Å². The Morgan fingerprint density at radius 3 is 2.50 bits per heavy atom. The summed E-state index contributed by atoms with van der Waals surface area (Å²) in [5, 5.41) is 0. The van der Waals surface area contributed by atoms with Gasteiger partial charge in [0.25, 0.3) is 5.91 Å². The smallest absolute Gasteiger partial charge is 0.252 e. The number of rotatable bonds is 6. The second-order valence-corrected chi connectivity index (χ2v) is 9.99. The van der Waals surface area contributed by atoms with E-state index in [2.05, 4.69) is 11.0 Å². The molecule has 2 aliphatic heterocycles. The highest BCUT2D eigenvalue weighted by Crippen LogP contribution is 2.31. The standard InChI is InChI=1S/C27H41N3O4/c1-33-21-27(32)30-15-5-14-28(24-12-18-34-19-13-24)16-17-29(20-23-8-2-3-9-25(23)30)26(31)11-10-22-6-4-7-22/h2-3,8-9,22,24H,4-7,10-21H2,1H3. The van der Waals surface area contributed by atoms with Gasteiger partial charge in [0.05, 0.1) is 0 Å². The first-order chi connectivity index (χ1) is 16.7. The van der Waals surface area contributed by atoms with Gasteiger partial charge in [-0.1, -0.05) is 37.5 Å². The summed E-state index contributed by atoms with van der Waals surface area (Å²) in [7, 11) is 1.56. The van der Waals surface area contributed by atoms with E-state index < -0.39 is 0 Å². The number of hydrogen-bond acceptors (Lipinski definition) is 5. The molecule has 1 saturated heterocycles. The Kier molecular flexibility index (Phi) is 9.36. The van der Waals surface area contributed by atoms with Crippen LogP contribution in [0.15, 0.2) is 24.3 Å². The molecule has 0 unspecified atom stereocenters. The van der Waals surface area contributed by atoms with Gasteiger partial charge in [-0.3, -0.25) is 14.5 Å². The average Bonchev–Trinajstić information content (AvgIpc) is 2.86. The van der Waals surface area contributed by atoms with Crippen LogP contribution in [0.1, 0.15) is 56.9 Å². The van der Waals surface area contributed by atoms with Crippen molar-refractivity contribution >= 4 is 17.5 Å². The SMILES string of the molecule is COCC(=O)N1CCCN(C2CCOCC2)CCN(C(=O)CCC2CCC2)Cc2ccccc21. The van der Waals surface area contributed by atoms with Gasteiger partial charge in [0.15, 0.2) is 0 Å². The Bertz CT molecular complexity index is 807. The van der Waals surface area contributed by atoms with Crippen LogP contribution in [0.25, 0.3) is 0 Å². The van der Waals surface area contributed by atoms with E-state index in [9.17, 15) is 9.59 Å². The number of methoxy groups -OCH3 is 1. The van der Waals surface area contributed by atoms with Gasteiger partial charge >= 0.3 is 0 Å². The molecule has 1 aromatic carbocycles. The van der Waals surface area contributed by atoms with Crippen LogP contribution in [0, 0.1) is 5.92 Å². The van der Waals surface area contributed by atoms with Crippen molar-refractivity contribution in [2.24, 2.45) is 5.92 Å². The van der Waals surface area contributed by atoms with Crippen LogP contribution in [0.4, 0.5) is 5.69 Å². The number of nitrogens with zero attached hydrogens (tertiary/aromatic N) is 3. The molecular formula is C27H41N3O4. The Balaban J connectivity index is 1.56. The molecule has 0 bridgehead atoms. The molecule has 7 nitrogen and oxygen atoms in total. The number of fused-ring (bicyclic) bond motifs is 1. The highest BCUT2D eigenvalue weighted by Gasteiger charge is 2.27. The summed E-state index contributed by atoms with van der Waals surface area (Å²) in [5.41, 5.74) is 1.93. The van der Waals surface area contributed by atoms with Crippen LogP contribution in [0.3, 0.4) is 0 Å². The fourth-order valence-electron chi connectivity index (χ4n) is 5.46. The van der Waals surface area contributed by atoms with E-state index in [-0.39, 0.29) is 18.4 Å². The zero-order valence-electron chi connectivity index (χ0n) is 20.8. The van der Waals surface area contributed by atoms with Gasteiger partial charge < -0.3 is 19.3 Å². The van der Waals surface area contributed by atoms with E-state index >= 15 is 0 Å². The molecule has 1 aliphatic carbocycles.